The van der Waals surface area contributed by atoms with Gasteiger partial charge in [-0.3, -0.25) is 9.89 Å². The van der Waals surface area contributed by atoms with E-state index in [4.69, 9.17) is 14.7 Å². The van der Waals surface area contributed by atoms with Crippen molar-refractivity contribution in [3.05, 3.63) is 34.4 Å². The fraction of sp³-hybridized carbons (Fsp3) is 0.500. The summed E-state index contributed by atoms with van der Waals surface area (Å²) < 4.78 is 6.53. The number of carbonyl (C=O) groups is 1. The van der Waals surface area contributed by atoms with Gasteiger partial charge in [0.05, 0.1) is 17.4 Å². The van der Waals surface area contributed by atoms with Gasteiger partial charge in [0.25, 0.3) is 0 Å². The smallest absolute Gasteiger partial charge is 0.410 e. The van der Waals surface area contributed by atoms with Crippen molar-refractivity contribution in [3.8, 4) is 0 Å². The number of aliphatic imine (C=N–C) groups is 2. The predicted octanol–water partition coefficient (Wildman–Crippen LogP) is 4.56. The topological polar surface area (TPSA) is 60.7 Å². The highest BCUT2D eigenvalue weighted by Crippen LogP contribution is 2.38. The quantitative estimate of drug-likeness (QED) is 0.554. The van der Waals surface area contributed by atoms with E-state index in [1.54, 1.807) is 4.90 Å². The zero-order valence-electron chi connectivity index (χ0n) is 18.1. The Kier molecular flexibility index (Phi) is 5.38. The number of rotatable bonds is 0. The summed E-state index contributed by atoms with van der Waals surface area (Å²) in [4.78, 5) is 28.5. The zero-order valence-corrected chi connectivity index (χ0v) is 19.7. The number of anilines is 1. The summed E-state index contributed by atoms with van der Waals surface area (Å²) in [6.07, 6.45) is 1.90. The maximum Gasteiger partial charge on any atom is 0.410 e. The molecule has 1 fully saturated rings. The molecular formula is C22H28BrN5O2. The lowest BCUT2D eigenvalue weighted by Gasteiger charge is -2.41. The monoisotopic (exact) mass is 473 g/mol. The molecule has 1 aromatic rings. The molecule has 1 atom stereocenters. The summed E-state index contributed by atoms with van der Waals surface area (Å²) in [5.41, 5.74) is 2.66. The highest BCUT2D eigenvalue weighted by molar-refractivity contribution is 9.10. The van der Waals surface area contributed by atoms with Gasteiger partial charge in [-0.2, -0.15) is 0 Å². The number of amides is 1. The van der Waals surface area contributed by atoms with Crippen LogP contribution in [0.5, 0.6) is 0 Å². The molecule has 3 aliphatic rings. The number of piperazine rings is 1. The Morgan fingerprint density at radius 1 is 1.17 bits per heavy atom. The Balaban J connectivity index is 1.59. The van der Waals surface area contributed by atoms with Gasteiger partial charge >= 0.3 is 6.09 Å². The van der Waals surface area contributed by atoms with E-state index in [0.29, 0.717) is 26.2 Å². The van der Waals surface area contributed by atoms with Crippen LogP contribution in [0.25, 0.3) is 0 Å². The van der Waals surface area contributed by atoms with Crippen molar-refractivity contribution in [3.63, 3.8) is 0 Å². The summed E-state index contributed by atoms with van der Waals surface area (Å²) in [5.74, 6) is 1.73. The minimum atomic E-state index is -0.489. The lowest BCUT2D eigenvalue weighted by molar-refractivity contribution is 0.0188. The lowest BCUT2D eigenvalue weighted by atomic mass is 10.1. The third-order valence-electron chi connectivity index (χ3n) is 5.39. The molecule has 3 aliphatic heterocycles. The Morgan fingerprint density at radius 3 is 2.53 bits per heavy atom. The maximum atomic E-state index is 12.4. The summed E-state index contributed by atoms with van der Waals surface area (Å²) in [6.45, 7) is 12.4. The standard InChI is InChI=1S/C22H28BrN5O2/c1-14-13-28-18-12-16(23)6-7-17(18)25-19(20(28)24-15(14)2)26-8-10-27(11-9-26)21(29)30-22(3,4)5/h6-7,12-13,15H,8-11H2,1-5H3. The van der Waals surface area contributed by atoms with Gasteiger partial charge < -0.3 is 14.5 Å². The Hall–Kier alpha value is -2.35. The highest BCUT2D eigenvalue weighted by Gasteiger charge is 2.34. The van der Waals surface area contributed by atoms with E-state index in [0.717, 1.165) is 27.5 Å². The van der Waals surface area contributed by atoms with Gasteiger partial charge in [-0.15, -0.1) is 0 Å². The number of nitrogens with zero attached hydrogens (tertiary/aromatic N) is 5. The van der Waals surface area contributed by atoms with Crippen LogP contribution in [0, 0.1) is 0 Å². The molecule has 1 saturated heterocycles. The number of carbonyl (C=O) groups excluding carboxylic acids is 1. The van der Waals surface area contributed by atoms with Crippen LogP contribution in [0.3, 0.4) is 0 Å². The Labute approximate surface area is 186 Å². The predicted molar refractivity (Wildman–Crippen MR) is 124 cm³/mol. The average Bonchev–Trinajstić information content (AvgIpc) is 2.67. The van der Waals surface area contributed by atoms with Gasteiger partial charge in [0, 0.05) is 36.9 Å². The fourth-order valence-corrected chi connectivity index (χ4v) is 4.01. The molecule has 7 nitrogen and oxygen atoms in total. The molecule has 0 aromatic heterocycles. The molecule has 0 radical (unpaired) electrons. The first kappa shape index (κ1) is 20.9. The second-order valence-electron chi connectivity index (χ2n) is 8.89. The van der Waals surface area contributed by atoms with Gasteiger partial charge in [-0.25, -0.2) is 9.79 Å². The lowest BCUT2D eigenvalue weighted by Crippen LogP contribution is -2.55. The molecule has 160 valence electrons. The SMILES string of the molecule is CC1=CN2C(=NC1C)C(N1CCN(C(=O)OC(C)(C)C)CC1)=Nc1ccc(Br)cc12. The van der Waals surface area contributed by atoms with Gasteiger partial charge in [0.15, 0.2) is 11.7 Å². The van der Waals surface area contributed by atoms with E-state index in [1.165, 1.54) is 5.57 Å². The molecule has 3 heterocycles. The van der Waals surface area contributed by atoms with Crippen LogP contribution in [-0.2, 0) is 4.74 Å². The fourth-order valence-electron chi connectivity index (χ4n) is 3.66. The van der Waals surface area contributed by atoms with Crippen LogP contribution in [0.1, 0.15) is 34.6 Å². The molecule has 4 rings (SSSR count). The van der Waals surface area contributed by atoms with E-state index in [1.807, 2.05) is 32.9 Å². The normalized spacial score (nSPS) is 21.3. The highest BCUT2D eigenvalue weighted by atomic mass is 79.9. The number of hydrogen-bond donors (Lipinski definition) is 0. The second-order valence-corrected chi connectivity index (χ2v) is 9.81. The average molecular weight is 474 g/mol. The van der Waals surface area contributed by atoms with E-state index in [9.17, 15) is 4.79 Å². The molecule has 0 aliphatic carbocycles. The molecule has 30 heavy (non-hydrogen) atoms. The van der Waals surface area contributed by atoms with E-state index in [2.05, 4.69) is 51.8 Å². The summed E-state index contributed by atoms with van der Waals surface area (Å²) in [6, 6.07) is 6.21. The number of fused-ring (bicyclic) bond motifs is 3. The molecule has 8 heteroatoms. The van der Waals surface area contributed by atoms with Crippen molar-refractivity contribution in [1.82, 2.24) is 9.80 Å². The number of ether oxygens (including phenoxy) is 1. The zero-order chi connectivity index (χ0) is 21.6. The van der Waals surface area contributed by atoms with Crippen molar-refractivity contribution in [2.75, 3.05) is 31.1 Å². The first-order valence-corrected chi connectivity index (χ1v) is 11.1. The largest absolute Gasteiger partial charge is 0.444 e. The molecule has 0 bridgehead atoms. The van der Waals surface area contributed by atoms with Gasteiger partial charge in [0.1, 0.15) is 5.60 Å². The third kappa shape index (κ3) is 4.10. The second kappa shape index (κ2) is 7.72. The number of amidine groups is 2. The van der Waals surface area contributed by atoms with Crippen LogP contribution in [0.15, 0.2) is 44.4 Å². The van der Waals surface area contributed by atoms with Crippen molar-refractivity contribution in [1.29, 1.82) is 0 Å². The summed E-state index contributed by atoms with van der Waals surface area (Å²) in [7, 11) is 0. The summed E-state index contributed by atoms with van der Waals surface area (Å²) >= 11 is 3.57. The van der Waals surface area contributed by atoms with Crippen molar-refractivity contribution < 1.29 is 9.53 Å². The molecule has 0 N–H and O–H groups in total. The van der Waals surface area contributed by atoms with Crippen LogP contribution in [0.4, 0.5) is 16.2 Å². The molecule has 1 unspecified atom stereocenters. The van der Waals surface area contributed by atoms with E-state index in [-0.39, 0.29) is 12.1 Å². The first-order chi connectivity index (χ1) is 14.1. The first-order valence-electron chi connectivity index (χ1n) is 10.3. The van der Waals surface area contributed by atoms with Crippen LogP contribution in [0.2, 0.25) is 0 Å². The number of hydrogen-bond acceptors (Lipinski definition) is 6. The van der Waals surface area contributed by atoms with Crippen molar-refractivity contribution >= 4 is 45.1 Å². The van der Waals surface area contributed by atoms with Gasteiger partial charge in [-0.05, 0) is 58.4 Å². The molecule has 0 spiro atoms. The Bertz CT molecular complexity index is 955. The Morgan fingerprint density at radius 2 is 1.87 bits per heavy atom. The van der Waals surface area contributed by atoms with E-state index < -0.39 is 5.60 Å². The molecule has 1 amide bonds. The van der Waals surface area contributed by atoms with Crippen molar-refractivity contribution in [2.45, 2.75) is 46.3 Å². The van der Waals surface area contributed by atoms with Gasteiger partial charge in [-0.1, -0.05) is 15.9 Å². The van der Waals surface area contributed by atoms with Crippen molar-refractivity contribution in [2.24, 2.45) is 9.98 Å². The van der Waals surface area contributed by atoms with Crippen LogP contribution >= 0.6 is 15.9 Å². The number of halogens is 1. The van der Waals surface area contributed by atoms with Crippen LogP contribution < -0.4 is 4.90 Å². The minimum absolute atomic E-state index is 0.109. The van der Waals surface area contributed by atoms with Gasteiger partial charge in [0.2, 0.25) is 0 Å². The minimum Gasteiger partial charge on any atom is -0.444 e. The third-order valence-corrected chi connectivity index (χ3v) is 5.88. The number of benzene rings is 1. The maximum absolute atomic E-state index is 12.4. The molecule has 0 saturated carbocycles. The molecular weight excluding hydrogens is 446 g/mol. The van der Waals surface area contributed by atoms with E-state index >= 15 is 0 Å². The summed E-state index contributed by atoms with van der Waals surface area (Å²) in [5, 5.41) is 0. The molecule has 1 aromatic carbocycles. The van der Waals surface area contributed by atoms with Crippen LogP contribution in [-0.4, -0.2) is 65.4 Å².